The molecule has 0 aromatic heterocycles. The third-order valence-electron chi connectivity index (χ3n) is 8.30. The van der Waals surface area contributed by atoms with Gasteiger partial charge >= 0.3 is 30.5 Å². The van der Waals surface area contributed by atoms with Crippen LogP contribution in [-0.2, 0) is 28.5 Å². The smallest absolute Gasteiger partial charge is 0.410 e. The summed E-state index contributed by atoms with van der Waals surface area (Å²) in [5.74, 6) is -0.551. The molecule has 6 unspecified atom stereocenters. The maximum Gasteiger partial charge on any atom is 0.410 e. The Morgan fingerprint density at radius 3 is 1.27 bits per heavy atom. The van der Waals surface area contributed by atoms with Gasteiger partial charge in [-0.3, -0.25) is 4.79 Å². The molecule has 0 saturated carbocycles. The van der Waals surface area contributed by atoms with Gasteiger partial charge in [-0.15, -0.1) is 0 Å². The van der Waals surface area contributed by atoms with E-state index in [-0.39, 0.29) is 24.2 Å². The van der Waals surface area contributed by atoms with Crippen molar-refractivity contribution in [1.82, 2.24) is 24.5 Å². The molecular formula is C53H99N5O15. The third-order valence-corrected chi connectivity index (χ3v) is 8.30. The fourth-order valence-corrected chi connectivity index (χ4v) is 5.30. The standard InChI is InChI=1S/3C11H21NO3.C10H19NO3.C10H17NO3/c3*1-8-7-9(13)5-6-12(8)10(14)15-11(2,3)4;2*1-10(2,3)14-9(13)11-6-4-8(12)5-7-11/h3*8-9,13H,5-7H2,1-4H3;8,12H,4-7H2,1-3H3;4-7H2,1-3H3/i5D2,6D2,7D2,8D,9D;6D2,8D,9D;5D2,7D2;2*6D2,7D2. The molecule has 6 atom stereocenters. The number of Topliss-reactive ketones (excluding diaryl/α,β-unsaturated/α-hetero) is 1. The van der Waals surface area contributed by atoms with Crippen molar-refractivity contribution < 1.29 is 106 Å². The lowest BCUT2D eigenvalue weighted by Crippen LogP contribution is -2.47. The molecule has 5 aliphatic heterocycles. The number of ketones is 1. The SMILES string of the molecule is [2H]C1(O)CC([2H])([2H])N(C(=O)OC(C)(C)C)C([2H])(C)C1.[2H]C1([2H])CC(=O)CC([2H])([2H])N1C(=O)OC(C)(C)C.[2H]C1([2H])CC(O)CC([2H])([2H])N1C(=O)OC(C)(C)C.[2H]C1([2H])CN(C(=O)OC(C)(C)C)C(C)C([2H])([2H])C1O.[2H]C1([2H])N(C(=O)OC(C)(C)C)C([2H])(C)C([2H])([2H])C([2H])(O)C1([2H])[2H]. The summed E-state index contributed by atoms with van der Waals surface area (Å²) in [6, 6.07) is -5.53. The molecule has 5 heterocycles. The summed E-state index contributed by atoms with van der Waals surface area (Å²) < 4.78 is 211. The first kappa shape index (κ1) is 36.8. The Bertz CT molecular complexity index is 2750. The molecule has 73 heavy (non-hydrogen) atoms. The highest BCUT2D eigenvalue weighted by Gasteiger charge is 2.34. The van der Waals surface area contributed by atoms with E-state index in [9.17, 15) is 49.2 Å². The Kier molecular flexibility index (Phi) is 14.7. The van der Waals surface area contributed by atoms with Crippen molar-refractivity contribution in [1.29, 1.82) is 0 Å². The van der Waals surface area contributed by atoms with Gasteiger partial charge in [-0.1, -0.05) is 0 Å². The Labute approximate surface area is 471 Å². The summed E-state index contributed by atoms with van der Waals surface area (Å²) in [5, 5.41) is 38.9. The summed E-state index contributed by atoms with van der Waals surface area (Å²) in [7, 11) is 0. The van der Waals surface area contributed by atoms with E-state index in [1.54, 1.807) is 83.1 Å². The molecule has 5 rings (SSSR count). The summed E-state index contributed by atoms with van der Waals surface area (Å²) in [4.78, 5) is 73.8. The molecule has 5 amide bonds. The fraction of sp³-hybridized carbons (Fsp3) is 0.887. The van der Waals surface area contributed by atoms with Crippen LogP contribution in [0.15, 0.2) is 0 Å². The number of carbonyl (C=O) groups excluding carboxylic acids is 6. The minimum Gasteiger partial charge on any atom is -0.444 e. The number of likely N-dealkylation sites (tertiary alicyclic amines) is 5. The van der Waals surface area contributed by atoms with Gasteiger partial charge in [-0.05, 0) is 176 Å². The van der Waals surface area contributed by atoms with Gasteiger partial charge in [0.25, 0.3) is 0 Å². The topological polar surface area (TPSA) is 246 Å². The average Bonchev–Trinajstić information content (AvgIpc) is 0.678. The van der Waals surface area contributed by atoms with Crippen molar-refractivity contribution in [3.63, 3.8) is 0 Å². The van der Waals surface area contributed by atoms with Gasteiger partial charge in [-0.2, -0.15) is 0 Å². The van der Waals surface area contributed by atoms with Gasteiger partial charge in [0.15, 0.2) is 0 Å². The molecule has 0 aromatic rings. The average molecular weight is 1070 g/mol. The van der Waals surface area contributed by atoms with Crippen LogP contribution in [0.4, 0.5) is 24.0 Å². The van der Waals surface area contributed by atoms with Crippen molar-refractivity contribution in [3.05, 3.63) is 0 Å². The number of hydrogen-bond acceptors (Lipinski definition) is 15. The molecule has 20 nitrogen and oxygen atoms in total. The highest BCUT2D eigenvalue weighted by Crippen LogP contribution is 2.23. The minimum absolute atomic E-state index is 0.0335. The van der Waals surface area contributed by atoms with Gasteiger partial charge in [0, 0.05) is 104 Å². The van der Waals surface area contributed by atoms with Crippen LogP contribution in [0.2, 0.25) is 0 Å². The number of carbonyl (C=O) groups is 6. The van der Waals surface area contributed by atoms with Crippen LogP contribution in [-0.4, -0.2) is 197 Å². The maximum absolute atomic E-state index is 12.3. The lowest BCUT2D eigenvalue weighted by molar-refractivity contribution is -0.121. The zero-order chi connectivity index (χ0) is 78.1. The largest absolute Gasteiger partial charge is 0.444 e. The zero-order valence-electron chi connectivity index (χ0n) is 69.7. The van der Waals surface area contributed by atoms with Crippen molar-refractivity contribution in [3.8, 4) is 0 Å². The van der Waals surface area contributed by atoms with Crippen LogP contribution in [0.5, 0.6) is 0 Å². The molecule has 5 aliphatic rings. The number of ether oxygens (including phenoxy) is 5. The van der Waals surface area contributed by atoms with Gasteiger partial charge in [0.2, 0.25) is 0 Å². The second-order valence-corrected chi connectivity index (χ2v) is 21.5. The van der Waals surface area contributed by atoms with Crippen LogP contribution < -0.4 is 0 Å². The molecule has 0 spiro atoms. The van der Waals surface area contributed by atoms with Crippen LogP contribution in [0.3, 0.4) is 0 Å². The molecule has 0 aromatic carbocycles. The minimum atomic E-state index is -3.61. The first-order chi connectivity index (χ1) is 41.9. The van der Waals surface area contributed by atoms with Crippen molar-refractivity contribution in [2.24, 2.45) is 0 Å². The van der Waals surface area contributed by atoms with Gasteiger partial charge in [0.1, 0.15) is 33.8 Å². The number of piperidine rings is 5. The molecule has 20 heteroatoms. The van der Waals surface area contributed by atoms with E-state index in [4.69, 9.17) is 56.6 Å². The van der Waals surface area contributed by atoms with Crippen LogP contribution >= 0.6 is 0 Å². The summed E-state index contributed by atoms with van der Waals surface area (Å²) in [6.07, 6.45) is -27.8. The van der Waals surface area contributed by atoms with Gasteiger partial charge < -0.3 is 68.6 Å². The summed E-state index contributed by atoms with van der Waals surface area (Å²) >= 11 is 0. The number of rotatable bonds is 0. The first-order valence-electron chi connectivity index (χ1n) is 35.4. The first-order valence-corrected chi connectivity index (χ1v) is 23.4. The van der Waals surface area contributed by atoms with E-state index in [2.05, 4.69) is 0 Å². The Balaban J connectivity index is 0.000000608. The zero-order valence-corrected chi connectivity index (χ0v) is 45.7. The van der Waals surface area contributed by atoms with Gasteiger partial charge in [0.05, 0.1) is 29.9 Å². The molecule has 426 valence electrons. The van der Waals surface area contributed by atoms with E-state index in [0.29, 0.717) is 14.7 Å². The predicted octanol–water partition coefficient (Wildman–Crippen LogP) is 8.26. The number of aliphatic hydroxyl groups is 4. The molecule has 0 bridgehead atoms. The van der Waals surface area contributed by atoms with Crippen LogP contribution in [0.1, 0.15) is 222 Å². The summed E-state index contributed by atoms with van der Waals surface area (Å²) in [5.41, 5.74) is -4.34. The predicted molar refractivity (Wildman–Crippen MR) is 278 cm³/mol. The maximum atomic E-state index is 12.3. The molecule has 5 saturated heterocycles. The highest BCUT2D eigenvalue weighted by atomic mass is 16.6. The molecule has 4 N–H and O–H groups in total. The third kappa shape index (κ3) is 29.5. The second kappa shape index (κ2) is 29.2. The highest BCUT2D eigenvalue weighted by molar-refractivity contribution is 5.81. The Morgan fingerprint density at radius 1 is 0.479 bits per heavy atom. The van der Waals surface area contributed by atoms with Gasteiger partial charge in [-0.25, -0.2) is 24.0 Å². The van der Waals surface area contributed by atoms with E-state index in [1.165, 1.54) is 34.6 Å². The van der Waals surface area contributed by atoms with E-state index >= 15 is 0 Å². The van der Waals surface area contributed by atoms with E-state index in [1.807, 2.05) is 0 Å². The lowest BCUT2D eigenvalue weighted by atomic mass is 10.0. The quantitative estimate of drug-likeness (QED) is 0.167. The van der Waals surface area contributed by atoms with Crippen molar-refractivity contribution in [2.45, 2.75) is 259 Å². The molecular weight excluding hydrogens is 947 g/mol. The molecule has 0 radical (unpaired) electrons. The monoisotopic (exact) mass is 1070 g/mol. The Morgan fingerprint density at radius 2 is 0.863 bits per heavy atom. The van der Waals surface area contributed by atoms with Crippen molar-refractivity contribution in [2.75, 3.05) is 45.5 Å². The van der Waals surface area contributed by atoms with E-state index < -0.39 is 197 Å². The van der Waals surface area contributed by atoms with E-state index in [0.717, 1.165) is 11.8 Å². The molecule has 5 fully saturated rings. The molecule has 0 aliphatic carbocycles. The van der Waals surface area contributed by atoms with Crippen LogP contribution in [0.25, 0.3) is 0 Å². The number of amides is 5. The lowest BCUT2D eigenvalue weighted by Gasteiger charge is -2.36. The van der Waals surface area contributed by atoms with Crippen LogP contribution in [0, 0.1) is 0 Å². The number of aliphatic hydroxyl groups excluding tert-OH is 2. The fourth-order valence-electron chi connectivity index (χ4n) is 5.30. The van der Waals surface area contributed by atoms with Crippen molar-refractivity contribution >= 4 is 36.2 Å². The Hall–Kier alpha value is -4.14. The normalized spacial score (nSPS) is 40.1. The number of hydrogen-bond donors (Lipinski definition) is 4. The second-order valence-electron chi connectivity index (χ2n) is 21.5. The summed E-state index contributed by atoms with van der Waals surface area (Å²) in [6.45, 7) is 12.2. The number of nitrogens with zero attached hydrogens (tertiary/aromatic N) is 5.